The number of rotatable bonds is 5. The first-order valence-electron chi connectivity index (χ1n) is 10.6. The van der Waals surface area contributed by atoms with Crippen LogP contribution in [0, 0.1) is 6.92 Å². The van der Waals surface area contributed by atoms with Crippen LogP contribution < -0.4 is 4.90 Å². The van der Waals surface area contributed by atoms with Gasteiger partial charge >= 0.3 is 0 Å². The number of allylic oxidation sites excluding steroid dienone is 4. The van der Waals surface area contributed by atoms with Gasteiger partial charge in [-0.05, 0) is 50.4 Å². The molecule has 1 aliphatic heterocycles. The number of ether oxygens (including phenoxy) is 1. The second kappa shape index (κ2) is 13.3. The molecule has 1 fully saturated rings. The topological polar surface area (TPSA) is 30.3 Å². The van der Waals surface area contributed by atoms with E-state index < -0.39 is 0 Å². The van der Waals surface area contributed by atoms with Gasteiger partial charge in [0.15, 0.2) is 5.65 Å². The minimum Gasteiger partial charge on any atom is -0.378 e. The fraction of sp³-hybridized carbons (Fsp3) is 0.458. The molecule has 0 amide bonds. The standard InChI is InChI=1S/C20H25N3OS.2C2H6/c1-5-17(7-6-15(2)3)25-23-14-16(4)19-18(8-9-21-20(19)23)22-10-12-24-13-11-22;2*1-2/h5-9,14H,1,10-13H2,2-4H3;2*1-2H3/b17-7+;;. The summed E-state index contributed by atoms with van der Waals surface area (Å²) in [4.78, 5) is 8.13. The predicted molar refractivity (Wildman–Crippen MR) is 131 cm³/mol. The summed E-state index contributed by atoms with van der Waals surface area (Å²) in [5.74, 6) is 0. The molecule has 3 heterocycles. The smallest absolute Gasteiger partial charge is 0.152 e. The molecule has 3 rings (SSSR count). The van der Waals surface area contributed by atoms with Crippen LogP contribution in [0.25, 0.3) is 11.0 Å². The Morgan fingerprint density at radius 2 is 1.79 bits per heavy atom. The number of hydrogen-bond donors (Lipinski definition) is 0. The molecule has 0 bridgehead atoms. The Balaban J connectivity index is 0.000000989. The first kappa shape index (κ1) is 25.1. The van der Waals surface area contributed by atoms with E-state index in [1.54, 1.807) is 11.9 Å². The SMILES string of the molecule is C=C/C(=C\C=C(C)C)Sn1cc(C)c2c(N3CCOCC3)ccnc21.CC.CC. The van der Waals surface area contributed by atoms with Crippen molar-refractivity contribution in [3.05, 3.63) is 59.3 Å². The third-order valence-electron chi connectivity index (χ3n) is 4.16. The first-order valence-corrected chi connectivity index (χ1v) is 11.3. The van der Waals surface area contributed by atoms with Crippen LogP contribution in [0.15, 0.2) is 53.7 Å². The van der Waals surface area contributed by atoms with Crippen molar-refractivity contribution in [2.45, 2.75) is 48.5 Å². The lowest BCUT2D eigenvalue weighted by Crippen LogP contribution is -2.36. The van der Waals surface area contributed by atoms with Gasteiger partial charge in [0.05, 0.1) is 13.2 Å². The molecule has 0 spiro atoms. The van der Waals surface area contributed by atoms with Crippen LogP contribution in [-0.2, 0) is 4.74 Å². The Kier molecular flexibility index (Phi) is 11.5. The molecule has 0 aliphatic carbocycles. The van der Waals surface area contributed by atoms with Gasteiger partial charge in [-0.3, -0.25) is 3.97 Å². The number of morpholine rings is 1. The molecular weight excluding hydrogens is 378 g/mol. The Hall–Kier alpha value is -1.98. The molecule has 0 atom stereocenters. The third-order valence-corrected chi connectivity index (χ3v) is 5.15. The van der Waals surface area contributed by atoms with Crippen molar-refractivity contribution in [1.82, 2.24) is 8.96 Å². The number of hydrogen-bond acceptors (Lipinski definition) is 4. The van der Waals surface area contributed by atoms with Gasteiger partial charge in [-0.2, -0.15) is 0 Å². The van der Waals surface area contributed by atoms with Crippen LogP contribution in [-0.4, -0.2) is 35.3 Å². The number of nitrogens with zero attached hydrogens (tertiary/aromatic N) is 3. The van der Waals surface area contributed by atoms with Crippen molar-refractivity contribution in [3.8, 4) is 0 Å². The monoisotopic (exact) mass is 415 g/mol. The molecule has 0 aromatic carbocycles. The van der Waals surface area contributed by atoms with E-state index in [0.717, 1.165) is 36.9 Å². The zero-order chi connectivity index (χ0) is 21.8. The highest BCUT2D eigenvalue weighted by Crippen LogP contribution is 2.34. The van der Waals surface area contributed by atoms with Crippen molar-refractivity contribution < 1.29 is 4.74 Å². The van der Waals surface area contributed by atoms with E-state index in [1.807, 2.05) is 40.0 Å². The number of anilines is 1. The summed E-state index contributed by atoms with van der Waals surface area (Å²) >= 11 is 1.65. The van der Waals surface area contributed by atoms with E-state index in [9.17, 15) is 0 Å². The summed E-state index contributed by atoms with van der Waals surface area (Å²) in [7, 11) is 0. The summed E-state index contributed by atoms with van der Waals surface area (Å²) in [6.07, 6.45) is 10.1. The van der Waals surface area contributed by atoms with E-state index in [4.69, 9.17) is 4.74 Å². The largest absolute Gasteiger partial charge is 0.378 e. The number of fused-ring (bicyclic) bond motifs is 1. The van der Waals surface area contributed by atoms with E-state index in [0.29, 0.717) is 0 Å². The molecule has 1 saturated heterocycles. The van der Waals surface area contributed by atoms with E-state index in [-0.39, 0.29) is 0 Å². The third kappa shape index (κ3) is 6.79. The highest BCUT2D eigenvalue weighted by atomic mass is 32.2. The van der Waals surface area contributed by atoms with Crippen LogP contribution in [0.4, 0.5) is 5.69 Å². The maximum atomic E-state index is 5.49. The normalized spacial score (nSPS) is 13.8. The van der Waals surface area contributed by atoms with Gasteiger partial charge in [-0.15, -0.1) is 0 Å². The fourth-order valence-corrected chi connectivity index (χ4v) is 3.79. The minimum absolute atomic E-state index is 0.782. The minimum atomic E-state index is 0.782. The molecule has 1 aliphatic rings. The summed E-state index contributed by atoms with van der Waals surface area (Å²) < 4.78 is 7.63. The summed E-state index contributed by atoms with van der Waals surface area (Å²) in [5, 5.41) is 1.22. The second-order valence-corrected chi connectivity index (χ2v) is 7.42. The Labute approximate surface area is 181 Å². The molecule has 29 heavy (non-hydrogen) atoms. The van der Waals surface area contributed by atoms with Gasteiger partial charge in [-0.25, -0.2) is 4.98 Å². The Morgan fingerprint density at radius 3 is 2.38 bits per heavy atom. The Morgan fingerprint density at radius 1 is 1.14 bits per heavy atom. The lowest BCUT2D eigenvalue weighted by Gasteiger charge is -2.29. The lowest BCUT2D eigenvalue weighted by atomic mass is 10.2. The number of aryl methyl sites for hydroxylation is 1. The van der Waals surface area contributed by atoms with Gasteiger partial charge < -0.3 is 9.64 Å². The molecule has 160 valence electrons. The van der Waals surface area contributed by atoms with Crippen LogP contribution in [0.3, 0.4) is 0 Å². The molecule has 2 aromatic rings. The zero-order valence-corrected chi connectivity index (χ0v) is 20.0. The van der Waals surface area contributed by atoms with Gasteiger partial charge in [0, 0.05) is 41.5 Å². The van der Waals surface area contributed by atoms with Crippen LogP contribution in [0.1, 0.15) is 47.1 Å². The van der Waals surface area contributed by atoms with E-state index >= 15 is 0 Å². The van der Waals surface area contributed by atoms with Crippen molar-refractivity contribution in [2.24, 2.45) is 0 Å². The molecule has 4 nitrogen and oxygen atoms in total. The van der Waals surface area contributed by atoms with E-state index in [1.165, 1.54) is 22.2 Å². The average molecular weight is 416 g/mol. The van der Waals surface area contributed by atoms with Crippen LogP contribution >= 0.6 is 11.9 Å². The van der Waals surface area contributed by atoms with E-state index in [2.05, 4.69) is 65.6 Å². The molecule has 0 saturated carbocycles. The van der Waals surface area contributed by atoms with Crippen molar-refractivity contribution in [1.29, 1.82) is 0 Å². The van der Waals surface area contributed by atoms with Gasteiger partial charge in [0.2, 0.25) is 0 Å². The van der Waals surface area contributed by atoms with Crippen molar-refractivity contribution in [3.63, 3.8) is 0 Å². The number of aromatic nitrogens is 2. The van der Waals surface area contributed by atoms with Gasteiger partial charge in [-0.1, -0.05) is 52.0 Å². The zero-order valence-electron chi connectivity index (χ0n) is 19.2. The number of pyridine rings is 1. The maximum Gasteiger partial charge on any atom is 0.152 e. The van der Waals surface area contributed by atoms with Crippen LogP contribution in [0.5, 0.6) is 0 Å². The van der Waals surface area contributed by atoms with Crippen LogP contribution in [0.2, 0.25) is 0 Å². The first-order chi connectivity index (χ1) is 14.1. The van der Waals surface area contributed by atoms with Gasteiger partial charge in [0.1, 0.15) is 0 Å². The molecular formula is C24H37N3OS. The highest BCUT2D eigenvalue weighted by Gasteiger charge is 2.18. The lowest BCUT2D eigenvalue weighted by molar-refractivity contribution is 0.123. The predicted octanol–water partition coefficient (Wildman–Crippen LogP) is 6.77. The molecule has 0 unspecified atom stereocenters. The summed E-state index contributed by atoms with van der Waals surface area (Å²) in [6.45, 7) is 21.7. The second-order valence-electron chi connectivity index (χ2n) is 6.37. The summed E-state index contributed by atoms with van der Waals surface area (Å²) in [6, 6.07) is 2.11. The fourth-order valence-electron chi connectivity index (χ4n) is 2.92. The van der Waals surface area contributed by atoms with Gasteiger partial charge in [0.25, 0.3) is 0 Å². The molecule has 2 aromatic heterocycles. The molecule has 5 heteroatoms. The average Bonchev–Trinajstić information content (AvgIpc) is 3.10. The summed E-state index contributed by atoms with van der Waals surface area (Å²) in [5.41, 5.74) is 4.75. The quantitative estimate of drug-likeness (QED) is 0.504. The highest BCUT2D eigenvalue weighted by molar-refractivity contribution is 8.02. The van der Waals surface area contributed by atoms with Crippen molar-refractivity contribution in [2.75, 3.05) is 31.2 Å². The van der Waals surface area contributed by atoms with Crippen molar-refractivity contribution >= 4 is 28.7 Å². The maximum absolute atomic E-state index is 5.49. The molecule has 0 N–H and O–H groups in total. The molecule has 0 radical (unpaired) electrons. The Bertz CT molecular complexity index is 826.